The highest BCUT2D eigenvalue weighted by Gasteiger charge is 2.11. The zero-order valence-corrected chi connectivity index (χ0v) is 12.9. The van der Waals surface area contributed by atoms with Gasteiger partial charge in [0.1, 0.15) is 5.82 Å². The summed E-state index contributed by atoms with van der Waals surface area (Å²) in [5.41, 5.74) is 2.77. The Hall–Kier alpha value is -2.14. The molecule has 0 aliphatic heterocycles. The van der Waals surface area contributed by atoms with Gasteiger partial charge in [0.2, 0.25) is 0 Å². The summed E-state index contributed by atoms with van der Waals surface area (Å²) >= 11 is 1.65. The predicted octanol–water partition coefficient (Wildman–Crippen LogP) is 3.21. The summed E-state index contributed by atoms with van der Waals surface area (Å²) in [6, 6.07) is 9.87. The van der Waals surface area contributed by atoms with E-state index in [9.17, 15) is 4.79 Å². The maximum atomic E-state index is 12.1. The number of rotatable bonds is 4. The zero-order valence-electron chi connectivity index (χ0n) is 12.1. The van der Waals surface area contributed by atoms with Crippen LogP contribution < -0.4 is 5.32 Å². The highest BCUT2D eigenvalue weighted by molar-refractivity contribution is 7.12. The number of fused-ring (bicyclic) bond motifs is 1. The lowest BCUT2D eigenvalue weighted by Crippen LogP contribution is -2.26. The summed E-state index contributed by atoms with van der Waals surface area (Å²) in [6.07, 6.45) is 0.697. The molecule has 0 radical (unpaired) electrons. The van der Waals surface area contributed by atoms with Gasteiger partial charge in [-0.15, -0.1) is 11.3 Å². The molecule has 0 saturated heterocycles. The molecule has 0 fully saturated rings. The van der Waals surface area contributed by atoms with Crippen LogP contribution in [-0.4, -0.2) is 22.4 Å². The van der Waals surface area contributed by atoms with Gasteiger partial charge in [0, 0.05) is 22.7 Å². The van der Waals surface area contributed by atoms with E-state index in [0.717, 1.165) is 32.2 Å². The first-order valence-electron chi connectivity index (χ1n) is 6.92. The highest BCUT2D eigenvalue weighted by Crippen LogP contribution is 2.20. The van der Waals surface area contributed by atoms with Crippen LogP contribution in [0.5, 0.6) is 0 Å². The van der Waals surface area contributed by atoms with Gasteiger partial charge in [0.15, 0.2) is 0 Å². The minimum atomic E-state index is -0.00652. The Morgan fingerprint density at radius 3 is 2.86 bits per heavy atom. The second-order valence-electron chi connectivity index (χ2n) is 5.03. The summed E-state index contributed by atoms with van der Waals surface area (Å²) in [6.45, 7) is 4.57. The molecule has 0 unspecified atom stereocenters. The maximum Gasteiger partial charge on any atom is 0.252 e. The molecular formula is C16H17N3OS. The van der Waals surface area contributed by atoms with Gasteiger partial charge < -0.3 is 10.3 Å². The summed E-state index contributed by atoms with van der Waals surface area (Å²) in [5.74, 6) is 0.891. The molecule has 108 valence electrons. The van der Waals surface area contributed by atoms with Crippen molar-refractivity contribution in [3.63, 3.8) is 0 Å². The summed E-state index contributed by atoms with van der Waals surface area (Å²) < 4.78 is 0. The second-order valence-corrected chi connectivity index (χ2v) is 6.49. The van der Waals surface area contributed by atoms with Crippen molar-refractivity contribution in [1.29, 1.82) is 0 Å². The van der Waals surface area contributed by atoms with Crippen molar-refractivity contribution in [2.45, 2.75) is 20.3 Å². The summed E-state index contributed by atoms with van der Waals surface area (Å²) in [5, 5.41) is 2.95. The molecule has 4 nitrogen and oxygen atoms in total. The fourth-order valence-corrected chi connectivity index (χ4v) is 3.29. The van der Waals surface area contributed by atoms with Crippen LogP contribution in [0.1, 0.15) is 25.9 Å². The molecule has 0 spiro atoms. The molecule has 3 rings (SSSR count). The first kappa shape index (κ1) is 13.8. The first-order chi connectivity index (χ1) is 10.1. The van der Waals surface area contributed by atoms with E-state index in [4.69, 9.17) is 0 Å². The standard InChI is InChI=1S/C16H17N3OS/c1-10-9-12(11(2)21-10)16(20)17-8-7-15-18-13-5-3-4-6-14(13)19-15/h3-6,9H,7-8H2,1-2H3,(H,17,20)(H,18,19). The number of benzene rings is 1. The van der Waals surface area contributed by atoms with Gasteiger partial charge in [-0.05, 0) is 32.0 Å². The SMILES string of the molecule is Cc1cc(C(=O)NCCc2nc3ccccc3[nH]2)c(C)s1. The van der Waals surface area contributed by atoms with Crippen LogP contribution >= 0.6 is 11.3 Å². The predicted molar refractivity (Wildman–Crippen MR) is 85.9 cm³/mol. The Morgan fingerprint density at radius 1 is 1.33 bits per heavy atom. The van der Waals surface area contributed by atoms with Crippen molar-refractivity contribution >= 4 is 28.3 Å². The van der Waals surface area contributed by atoms with Crippen molar-refractivity contribution in [2.24, 2.45) is 0 Å². The normalized spacial score (nSPS) is 11.0. The molecule has 2 aromatic heterocycles. The molecule has 0 saturated carbocycles. The molecule has 3 aromatic rings. The minimum absolute atomic E-state index is 0.00652. The van der Waals surface area contributed by atoms with Crippen LogP contribution in [0.3, 0.4) is 0 Å². The van der Waals surface area contributed by atoms with Gasteiger partial charge in [0.05, 0.1) is 16.6 Å². The lowest BCUT2D eigenvalue weighted by Gasteiger charge is -2.03. The number of amides is 1. The number of aromatic amines is 1. The lowest BCUT2D eigenvalue weighted by atomic mass is 10.2. The summed E-state index contributed by atoms with van der Waals surface area (Å²) in [7, 11) is 0. The number of H-pyrrole nitrogens is 1. The molecule has 0 bridgehead atoms. The Labute approximate surface area is 127 Å². The van der Waals surface area contributed by atoms with Gasteiger partial charge in [-0.25, -0.2) is 4.98 Å². The molecular weight excluding hydrogens is 282 g/mol. The molecule has 5 heteroatoms. The number of carbonyl (C=O) groups is 1. The minimum Gasteiger partial charge on any atom is -0.352 e. The Balaban J connectivity index is 1.60. The number of carbonyl (C=O) groups excluding carboxylic acids is 1. The van der Waals surface area contributed by atoms with E-state index >= 15 is 0 Å². The summed E-state index contributed by atoms with van der Waals surface area (Å²) in [4.78, 5) is 22.1. The average molecular weight is 299 g/mol. The lowest BCUT2D eigenvalue weighted by molar-refractivity contribution is 0.0954. The van der Waals surface area contributed by atoms with E-state index in [0.29, 0.717) is 13.0 Å². The highest BCUT2D eigenvalue weighted by atomic mass is 32.1. The van der Waals surface area contributed by atoms with Crippen LogP contribution in [0.25, 0.3) is 11.0 Å². The third-order valence-electron chi connectivity index (χ3n) is 3.37. The van der Waals surface area contributed by atoms with Gasteiger partial charge in [-0.2, -0.15) is 0 Å². The number of aromatic nitrogens is 2. The van der Waals surface area contributed by atoms with Gasteiger partial charge >= 0.3 is 0 Å². The second kappa shape index (κ2) is 5.69. The number of imidazole rings is 1. The quantitative estimate of drug-likeness (QED) is 0.777. The van der Waals surface area contributed by atoms with Crippen LogP contribution in [0, 0.1) is 13.8 Å². The third-order valence-corrected chi connectivity index (χ3v) is 4.34. The fraction of sp³-hybridized carbons (Fsp3) is 0.250. The number of hydrogen-bond donors (Lipinski definition) is 2. The number of nitrogens with zero attached hydrogens (tertiary/aromatic N) is 1. The van der Waals surface area contributed by atoms with E-state index in [-0.39, 0.29) is 5.91 Å². The first-order valence-corrected chi connectivity index (χ1v) is 7.74. The van der Waals surface area contributed by atoms with Crippen molar-refractivity contribution in [3.05, 3.63) is 51.5 Å². The molecule has 21 heavy (non-hydrogen) atoms. The van der Waals surface area contributed by atoms with E-state index in [1.54, 1.807) is 11.3 Å². The van der Waals surface area contributed by atoms with Crippen molar-refractivity contribution in [3.8, 4) is 0 Å². The van der Waals surface area contributed by atoms with E-state index in [2.05, 4.69) is 15.3 Å². The number of aryl methyl sites for hydroxylation is 2. The molecule has 0 aliphatic rings. The largest absolute Gasteiger partial charge is 0.352 e. The molecule has 0 atom stereocenters. The number of para-hydroxylation sites is 2. The zero-order chi connectivity index (χ0) is 14.8. The number of thiophene rings is 1. The monoisotopic (exact) mass is 299 g/mol. The third kappa shape index (κ3) is 2.97. The molecule has 0 aliphatic carbocycles. The van der Waals surface area contributed by atoms with E-state index in [1.807, 2.05) is 44.2 Å². The Bertz CT molecular complexity index is 755. The fourth-order valence-electron chi connectivity index (χ4n) is 2.37. The topological polar surface area (TPSA) is 57.8 Å². The van der Waals surface area contributed by atoms with Crippen molar-refractivity contribution in [2.75, 3.05) is 6.54 Å². The Morgan fingerprint density at radius 2 is 2.14 bits per heavy atom. The van der Waals surface area contributed by atoms with Crippen LogP contribution in [0.4, 0.5) is 0 Å². The van der Waals surface area contributed by atoms with E-state index in [1.165, 1.54) is 0 Å². The van der Waals surface area contributed by atoms with Crippen LogP contribution in [0.2, 0.25) is 0 Å². The van der Waals surface area contributed by atoms with Crippen molar-refractivity contribution in [1.82, 2.24) is 15.3 Å². The molecule has 1 aromatic carbocycles. The van der Waals surface area contributed by atoms with Crippen LogP contribution in [0.15, 0.2) is 30.3 Å². The van der Waals surface area contributed by atoms with E-state index < -0.39 is 0 Å². The molecule has 1 amide bonds. The molecule has 2 heterocycles. The maximum absolute atomic E-state index is 12.1. The van der Waals surface area contributed by atoms with Gasteiger partial charge in [-0.1, -0.05) is 12.1 Å². The smallest absolute Gasteiger partial charge is 0.252 e. The Kier molecular flexibility index (Phi) is 3.75. The number of hydrogen-bond acceptors (Lipinski definition) is 3. The van der Waals surface area contributed by atoms with Gasteiger partial charge in [-0.3, -0.25) is 4.79 Å². The molecule has 2 N–H and O–H groups in total. The van der Waals surface area contributed by atoms with Crippen LogP contribution in [-0.2, 0) is 6.42 Å². The van der Waals surface area contributed by atoms with Gasteiger partial charge in [0.25, 0.3) is 5.91 Å². The average Bonchev–Trinajstić information content (AvgIpc) is 3.01. The van der Waals surface area contributed by atoms with Crippen molar-refractivity contribution < 1.29 is 4.79 Å². The number of nitrogens with one attached hydrogen (secondary N) is 2.